The Morgan fingerprint density at radius 2 is 1.88 bits per heavy atom. The van der Waals surface area contributed by atoms with Crippen molar-refractivity contribution >= 4 is 11.5 Å². The maximum Gasteiger partial charge on any atom is 0.231 e. The number of ether oxygens (including phenoxy) is 2. The molecule has 0 amide bonds. The van der Waals surface area contributed by atoms with Gasteiger partial charge in [-0.3, -0.25) is 0 Å². The molecule has 0 bridgehead atoms. The molecule has 0 saturated heterocycles. The van der Waals surface area contributed by atoms with Gasteiger partial charge in [-0.1, -0.05) is 0 Å². The Balaban J connectivity index is 1.64. The Bertz CT molecular complexity index is 912. The zero-order chi connectivity index (χ0) is 16.5. The van der Waals surface area contributed by atoms with Gasteiger partial charge < -0.3 is 19.9 Å². The Labute approximate surface area is 138 Å². The summed E-state index contributed by atoms with van der Waals surface area (Å²) in [6.45, 7) is 2.16. The molecule has 0 atom stereocenters. The molecule has 1 aliphatic rings. The third kappa shape index (κ3) is 2.69. The molecular formula is C18H15N3O3. The number of nitrogens with zero attached hydrogens (tertiary/aromatic N) is 2. The molecule has 0 spiro atoms. The maximum atomic E-state index is 9.50. The Morgan fingerprint density at radius 3 is 2.75 bits per heavy atom. The number of anilines is 2. The van der Waals surface area contributed by atoms with Crippen LogP contribution >= 0.6 is 0 Å². The fraction of sp³-hybridized carbons (Fsp3) is 0.111. The average molecular weight is 321 g/mol. The van der Waals surface area contributed by atoms with E-state index in [0.717, 1.165) is 34.0 Å². The monoisotopic (exact) mass is 321 g/mol. The molecule has 2 heterocycles. The number of hydrogen-bond donors (Lipinski definition) is 2. The molecule has 0 saturated carbocycles. The molecule has 4 rings (SSSR count). The molecule has 1 aromatic heterocycles. The molecule has 1 aliphatic heterocycles. The van der Waals surface area contributed by atoms with Crippen molar-refractivity contribution in [3.8, 4) is 28.5 Å². The topological polar surface area (TPSA) is 76.5 Å². The van der Waals surface area contributed by atoms with Crippen LogP contribution in [0.3, 0.4) is 0 Å². The zero-order valence-corrected chi connectivity index (χ0v) is 13.0. The second-order valence-corrected chi connectivity index (χ2v) is 5.48. The first-order valence-corrected chi connectivity index (χ1v) is 7.48. The summed E-state index contributed by atoms with van der Waals surface area (Å²) in [7, 11) is 0. The largest absolute Gasteiger partial charge is 0.508 e. The summed E-state index contributed by atoms with van der Waals surface area (Å²) in [6.07, 6.45) is 1.51. The molecule has 120 valence electrons. The lowest BCUT2D eigenvalue weighted by atomic mass is 10.1. The van der Waals surface area contributed by atoms with Crippen molar-refractivity contribution in [3.63, 3.8) is 0 Å². The van der Waals surface area contributed by atoms with E-state index in [1.165, 1.54) is 6.33 Å². The van der Waals surface area contributed by atoms with E-state index in [1.807, 2.05) is 37.3 Å². The smallest absolute Gasteiger partial charge is 0.231 e. The summed E-state index contributed by atoms with van der Waals surface area (Å²) in [5, 5.41) is 12.7. The summed E-state index contributed by atoms with van der Waals surface area (Å²) < 4.78 is 10.7. The number of aromatic hydroxyl groups is 1. The number of fused-ring (bicyclic) bond motifs is 1. The molecule has 0 radical (unpaired) electrons. The summed E-state index contributed by atoms with van der Waals surface area (Å²) >= 11 is 0. The van der Waals surface area contributed by atoms with Crippen molar-refractivity contribution in [2.45, 2.75) is 6.92 Å². The molecule has 2 aromatic carbocycles. The Hall–Kier alpha value is -3.28. The predicted octanol–water partition coefficient (Wildman–Crippen LogP) is 3.63. The van der Waals surface area contributed by atoms with Crippen LogP contribution < -0.4 is 14.8 Å². The quantitative estimate of drug-likeness (QED) is 0.717. The van der Waals surface area contributed by atoms with Gasteiger partial charge in [0.2, 0.25) is 6.79 Å². The van der Waals surface area contributed by atoms with Gasteiger partial charge in [-0.05, 0) is 48.9 Å². The molecule has 6 heteroatoms. The van der Waals surface area contributed by atoms with Gasteiger partial charge in [0.15, 0.2) is 11.5 Å². The number of aromatic nitrogens is 2. The highest BCUT2D eigenvalue weighted by atomic mass is 16.7. The van der Waals surface area contributed by atoms with E-state index >= 15 is 0 Å². The van der Waals surface area contributed by atoms with Crippen LogP contribution in [0, 0.1) is 6.92 Å². The van der Waals surface area contributed by atoms with Gasteiger partial charge in [0.25, 0.3) is 0 Å². The van der Waals surface area contributed by atoms with Crippen molar-refractivity contribution in [2.24, 2.45) is 0 Å². The van der Waals surface area contributed by atoms with Crippen LogP contribution in [0.15, 0.2) is 48.8 Å². The average Bonchev–Trinajstić information content (AvgIpc) is 3.05. The summed E-state index contributed by atoms with van der Waals surface area (Å²) in [6, 6.07) is 12.7. The van der Waals surface area contributed by atoms with E-state index in [2.05, 4.69) is 15.3 Å². The summed E-state index contributed by atoms with van der Waals surface area (Å²) in [5.74, 6) is 2.37. The first-order valence-electron chi connectivity index (χ1n) is 7.48. The first kappa shape index (κ1) is 14.3. The second kappa shape index (κ2) is 5.73. The van der Waals surface area contributed by atoms with Crippen molar-refractivity contribution in [1.29, 1.82) is 0 Å². The van der Waals surface area contributed by atoms with Crippen LogP contribution in [0.4, 0.5) is 11.5 Å². The highest BCUT2D eigenvalue weighted by Gasteiger charge is 2.14. The van der Waals surface area contributed by atoms with E-state index in [9.17, 15) is 5.11 Å². The number of benzene rings is 2. The maximum absolute atomic E-state index is 9.50. The Morgan fingerprint density at radius 1 is 1.00 bits per heavy atom. The highest BCUT2D eigenvalue weighted by molar-refractivity contribution is 5.69. The number of rotatable bonds is 3. The molecule has 24 heavy (non-hydrogen) atoms. The minimum atomic E-state index is 0.238. The van der Waals surface area contributed by atoms with E-state index in [1.54, 1.807) is 12.1 Å². The van der Waals surface area contributed by atoms with Gasteiger partial charge in [-0.25, -0.2) is 9.97 Å². The van der Waals surface area contributed by atoms with Crippen molar-refractivity contribution in [3.05, 3.63) is 54.4 Å². The van der Waals surface area contributed by atoms with Crippen LogP contribution in [0.2, 0.25) is 0 Å². The van der Waals surface area contributed by atoms with Crippen LogP contribution in [-0.4, -0.2) is 21.9 Å². The normalized spacial score (nSPS) is 12.2. The van der Waals surface area contributed by atoms with E-state index < -0.39 is 0 Å². The molecule has 0 unspecified atom stereocenters. The van der Waals surface area contributed by atoms with Crippen LogP contribution in [0.1, 0.15) is 5.56 Å². The zero-order valence-electron chi connectivity index (χ0n) is 13.0. The molecule has 0 fully saturated rings. The number of phenols is 1. The minimum absolute atomic E-state index is 0.238. The van der Waals surface area contributed by atoms with Crippen LogP contribution in [-0.2, 0) is 0 Å². The SMILES string of the molecule is Cc1cc(O)ccc1Nc1cc(-c2ccc3c(c2)OCO3)ncn1. The van der Waals surface area contributed by atoms with Crippen molar-refractivity contribution in [2.75, 3.05) is 12.1 Å². The predicted molar refractivity (Wildman–Crippen MR) is 89.7 cm³/mol. The lowest BCUT2D eigenvalue weighted by Gasteiger charge is -2.10. The standard InChI is InChI=1S/C18H15N3O3/c1-11-6-13(22)3-4-14(11)21-18-8-15(19-9-20-18)12-2-5-16-17(7-12)24-10-23-16/h2-9,22H,10H2,1H3,(H,19,20,21). The van der Waals surface area contributed by atoms with Gasteiger partial charge in [0.05, 0.1) is 5.69 Å². The number of nitrogens with one attached hydrogen (secondary N) is 1. The van der Waals surface area contributed by atoms with E-state index in [0.29, 0.717) is 5.82 Å². The van der Waals surface area contributed by atoms with Gasteiger partial charge in [0.1, 0.15) is 17.9 Å². The fourth-order valence-electron chi connectivity index (χ4n) is 2.57. The number of hydrogen-bond acceptors (Lipinski definition) is 6. The third-order valence-corrected chi connectivity index (χ3v) is 3.81. The molecular weight excluding hydrogens is 306 g/mol. The van der Waals surface area contributed by atoms with Crippen molar-refractivity contribution in [1.82, 2.24) is 9.97 Å². The van der Waals surface area contributed by atoms with E-state index in [4.69, 9.17) is 9.47 Å². The van der Waals surface area contributed by atoms with Crippen LogP contribution in [0.25, 0.3) is 11.3 Å². The van der Waals surface area contributed by atoms with E-state index in [-0.39, 0.29) is 12.5 Å². The first-order chi connectivity index (χ1) is 11.7. The molecule has 2 N–H and O–H groups in total. The third-order valence-electron chi connectivity index (χ3n) is 3.81. The highest BCUT2D eigenvalue weighted by Crippen LogP contribution is 2.35. The van der Waals surface area contributed by atoms with Gasteiger partial charge >= 0.3 is 0 Å². The lowest BCUT2D eigenvalue weighted by molar-refractivity contribution is 0.174. The summed E-state index contributed by atoms with van der Waals surface area (Å²) in [5.41, 5.74) is 3.51. The molecule has 3 aromatic rings. The second-order valence-electron chi connectivity index (χ2n) is 5.48. The lowest BCUT2D eigenvalue weighted by Crippen LogP contribution is -1.97. The fourth-order valence-corrected chi connectivity index (χ4v) is 2.57. The number of phenolic OH excluding ortho intramolecular Hbond substituents is 1. The van der Waals surface area contributed by atoms with Gasteiger partial charge in [0, 0.05) is 17.3 Å². The van der Waals surface area contributed by atoms with Gasteiger partial charge in [-0.2, -0.15) is 0 Å². The number of aryl methyl sites for hydroxylation is 1. The Kier molecular flexibility index (Phi) is 3.42. The molecule has 0 aliphatic carbocycles. The van der Waals surface area contributed by atoms with Crippen LogP contribution in [0.5, 0.6) is 17.2 Å². The minimum Gasteiger partial charge on any atom is -0.508 e. The molecule has 6 nitrogen and oxygen atoms in total. The van der Waals surface area contributed by atoms with Crippen molar-refractivity contribution < 1.29 is 14.6 Å². The van der Waals surface area contributed by atoms with Gasteiger partial charge in [-0.15, -0.1) is 0 Å². The summed E-state index contributed by atoms with van der Waals surface area (Å²) in [4.78, 5) is 8.58.